The van der Waals surface area contributed by atoms with Crippen LogP contribution in [0.15, 0.2) is 10.5 Å². The highest BCUT2D eigenvalue weighted by molar-refractivity contribution is 8.25. The van der Waals surface area contributed by atoms with Crippen molar-refractivity contribution in [3.05, 3.63) is 10.5 Å². The maximum absolute atomic E-state index is 4.95. The average Bonchev–Trinajstić information content (AvgIpc) is 1.80. The molecule has 0 radical (unpaired) electrons. The van der Waals surface area contributed by atoms with Gasteiger partial charge in [0, 0.05) is 6.54 Å². The van der Waals surface area contributed by atoms with Crippen molar-refractivity contribution in [3.8, 4) is 0 Å². The zero-order chi connectivity index (χ0) is 6.85. The predicted molar refractivity (Wildman–Crippen MR) is 46.6 cm³/mol. The molecule has 1 heterocycles. The number of hydrogen-bond acceptors (Lipinski definition) is 2. The average molecular weight is 159 g/mol. The molecule has 0 spiro atoms. The molecule has 0 fully saturated rings. The van der Waals surface area contributed by atoms with Gasteiger partial charge in [-0.1, -0.05) is 24.0 Å². The van der Waals surface area contributed by atoms with Crippen molar-refractivity contribution >= 4 is 28.3 Å². The number of hydrogen-bond donors (Lipinski definition) is 1. The minimum absolute atomic E-state index is 0.901. The molecule has 9 heavy (non-hydrogen) atoms. The molecule has 0 aliphatic carbocycles. The summed E-state index contributed by atoms with van der Waals surface area (Å²) in [6.07, 6.45) is 0. The van der Waals surface area contributed by atoms with Crippen LogP contribution in [0.3, 0.4) is 0 Å². The van der Waals surface area contributed by atoms with Crippen LogP contribution >= 0.6 is 24.0 Å². The van der Waals surface area contributed by atoms with Crippen molar-refractivity contribution in [2.75, 3.05) is 6.54 Å². The van der Waals surface area contributed by atoms with Gasteiger partial charge in [-0.3, -0.25) is 0 Å². The Bertz CT molecular complexity index is 172. The van der Waals surface area contributed by atoms with E-state index in [4.69, 9.17) is 12.2 Å². The Labute approximate surface area is 64.9 Å². The molecule has 1 rings (SSSR count). The molecule has 0 amide bonds. The first-order valence-electron chi connectivity index (χ1n) is 2.82. The predicted octanol–water partition coefficient (Wildman–Crippen LogP) is 1.90. The zero-order valence-corrected chi connectivity index (χ0v) is 7.16. The molecule has 0 aromatic rings. The molecule has 0 saturated heterocycles. The lowest BCUT2D eigenvalue weighted by Crippen LogP contribution is -2.24. The molecule has 3 heteroatoms. The largest absolute Gasteiger partial charge is 0.367 e. The van der Waals surface area contributed by atoms with Gasteiger partial charge in [-0.2, -0.15) is 0 Å². The van der Waals surface area contributed by atoms with Crippen LogP contribution in [-0.2, 0) is 0 Å². The van der Waals surface area contributed by atoms with Gasteiger partial charge >= 0.3 is 0 Å². The van der Waals surface area contributed by atoms with Crippen molar-refractivity contribution < 1.29 is 0 Å². The van der Waals surface area contributed by atoms with E-state index in [1.165, 1.54) is 10.5 Å². The maximum Gasteiger partial charge on any atom is 0.138 e. The Kier molecular flexibility index (Phi) is 2.13. The molecule has 0 aromatic heterocycles. The van der Waals surface area contributed by atoms with Gasteiger partial charge in [-0.15, -0.1) is 0 Å². The first-order chi connectivity index (χ1) is 4.20. The molecule has 0 bridgehead atoms. The molecule has 1 nitrogen and oxygen atoms in total. The van der Waals surface area contributed by atoms with E-state index in [0.717, 1.165) is 10.9 Å². The second kappa shape index (κ2) is 2.71. The van der Waals surface area contributed by atoms with Crippen LogP contribution in [0.25, 0.3) is 0 Å². The van der Waals surface area contributed by atoms with Crippen LogP contribution in [0.5, 0.6) is 0 Å². The summed E-state index contributed by atoms with van der Waals surface area (Å²) in [6, 6.07) is 0. The lowest BCUT2D eigenvalue weighted by atomic mass is 10.3. The highest BCUT2D eigenvalue weighted by Gasteiger charge is 2.07. The molecule has 0 atom stereocenters. The summed E-state index contributed by atoms with van der Waals surface area (Å²) in [5.74, 6) is 0. The van der Waals surface area contributed by atoms with Crippen LogP contribution < -0.4 is 5.32 Å². The van der Waals surface area contributed by atoms with Gasteiger partial charge in [0.15, 0.2) is 0 Å². The molecule has 1 N–H and O–H groups in total. The lowest BCUT2D eigenvalue weighted by Gasteiger charge is -2.16. The van der Waals surface area contributed by atoms with Crippen molar-refractivity contribution in [1.82, 2.24) is 5.32 Å². The number of thioether (sulfide) groups is 1. The maximum atomic E-state index is 4.95. The zero-order valence-electron chi connectivity index (χ0n) is 5.52. The van der Waals surface area contributed by atoms with Crippen LogP contribution in [0, 0.1) is 0 Å². The fourth-order valence-corrected chi connectivity index (χ4v) is 1.71. The standard InChI is InChI=1S/C6H9NS2/c1-4-3-7-6(8)9-5(4)2/h3H2,1-2H3,(H,7,8). The van der Waals surface area contributed by atoms with Crippen molar-refractivity contribution in [1.29, 1.82) is 0 Å². The summed E-state index contributed by atoms with van der Waals surface area (Å²) >= 11 is 6.60. The minimum atomic E-state index is 0.901. The third-order valence-electron chi connectivity index (χ3n) is 1.34. The molecule has 1 aliphatic heterocycles. The summed E-state index contributed by atoms with van der Waals surface area (Å²) in [5, 5.41) is 3.10. The van der Waals surface area contributed by atoms with Gasteiger partial charge in [0.2, 0.25) is 0 Å². The molecule has 0 aromatic carbocycles. The summed E-state index contributed by atoms with van der Waals surface area (Å²) in [6.45, 7) is 5.15. The molecule has 50 valence electrons. The number of allylic oxidation sites excluding steroid dienone is 1. The van der Waals surface area contributed by atoms with Crippen molar-refractivity contribution in [2.24, 2.45) is 0 Å². The summed E-state index contributed by atoms with van der Waals surface area (Å²) in [7, 11) is 0. The van der Waals surface area contributed by atoms with E-state index in [1.54, 1.807) is 11.8 Å². The monoisotopic (exact) mass is 159 g/mol. The third kappa shape index (κ3) is 1.69. The first-order valence-corrected chi connectivity index (χ1v) is 4.04. The van der Waals surface area contributed by atoms with E-state index >= 15 is 0 Å². The van der Waals surface area contributed by atoms with Crippen LogP contribution in [-0.4, -0.2) is 10.9 Å². The SMILES string of the molecule is CC1=C(C)SC(=S)NC1. The Morgan fingerprint density at radius 1 is 1.56 bits per heavy atom. The molecule has 1 aliphatic rings. The lowest BCUT2D eigenvalue weighted by molar-refractivity contribution is 0.995. The van der Waals surface area contributed by atoms with Gasteiger partial charge in [-0.25, -0.2) is 0 Å². The van der Waals surface area contributed by atoms with Gasteiger partial charge in [0.1, 0.15) is 4.32 Å². The van der Waals surface area contributed by atoms with Gasteiger partial charge in [-0.05, 0) is 24.3 Å². The second-order valence-electron chi connectivity index (χ2n) is 2.08. The van der Waals surface area contributed by atoms with Gasteiger partial charge in [0.05, 0.1) is 0 Å². The quantitative estimate of drug-likeness (QED) is 0.542. The molecular formula is C6H9NS2. The van der Waals surface area contributed by atoms with E-state index in [2.05, 4.69) is 19.2 Å². The summed E-state index contributed by atoms with van der Waals surface area (Å²) < 4.78 is 0.901. The Balaban J connectivity index is 2.72. The Morgan fingerprint density at radius 2 is 2.22 bits per heavy atom. The number of nitrogens with one attached hydrogen (secondary N) is 1. The summed E-state index contributed by atoms with van der Waals surface area (Å²) in [5.41, 5.74) is 1.40. The van der Waals surface area contributed by atoms with E-state index in [1.807, 2.05) is 0 Å². The fraction of sp³-hybridized carbons (Fsp3) is 0.500. The highest BCUT2D eigenvalue weighted by Crippen LogP contribution is 2.22. The number of thiocarbonyl (C=S) groups is 1. The third-order valence-corrected chi connectivity index (χ3v) is 2.72. The van der Waals surface area contributed by atoms with Crippen LogP contribution in [0.1, 0.15) is 13.8 Å². The van der Waals surface area contributed by atoms with Crippen molar-refractivity contribution in [2.45, 2.75) is 13.8 Å². The van der Waals surface area contributed by atoms with E-state index in [9.17, 15) is 0 Å². The van der Waals surface area contributed by atoms with E-state index in [0.29, 0.717) is 0 Å². The number of rotatable bonds is 0. The fourth-order valence-electron chi connectivity index (χ4n) is 0.591. The minimum Gasteiger partial charge on any atom is -0.367 e. The molecular weight excluding hydrogens is 150 g/mol. The van der Waals surface area contributed by atoms with Crippen LogP contribution in [0.2, 0.25) is 0 Å². The topological polar surface area (TPSA) is 12.0 Å². The van der Waals surface area contributed by atoms with E-state index < -0.39 is 0 Å². The molecule has 0 saturated carbocycles. The molecule has 0 unspecified atom stereocenters. The first kappa shape index (κ1) is 7.09. The summed E-state index contributed by atoms with van der Waals surface area (Å²) in [4.78, 5) is 1.35. The smallest absolute Gasteiger partial charge is 0.138 e. The Hall–Kier alpha value is -0.0200. The highest BCUT2D eigenvalue weighted by atomic mass is 32.2. The van der Waals surface area contributed by atoms with Crippen molar-refractivity contribution in [3.63, 3.8) is 0 Å². The van der Waals surface area contributed by atoms with Gasteiger partial charge in [0.25, 0.3) is 0 Å². The van der Waals surface area contributed by atoms with E-state index in [-0.39, 0.29) is 0 Å². The second-order valence-corrected chi connectivity index (χ2v) is 3.97. The van der Waals surface area contributed by atoms with Crippen LogP contribution in [0.4, 0.5) is 0 Å². The normalized spacial score (nSPS) is 20.0. The van der Waals surface area contributed by atoms with Gasteiger partial charge < -0.3 is 5.32 Å². The Morgan fingerprint density at radius 3 is 2.67 bits per heavy atom.